The third kappa shape index (κ3) is 5.25. The fraction of sp³-hybridized carbons (Fsp3) is 0.318. The van der Waals surface area contributed by atoms with Gasteiger partial charge in [-0.3, -0.25) is 24.5 Å². The van der Waals surface area contributed by atoms with Gasteiger partial charge in [0.2, 0.25) is 5.91 Å². The lowest BCUT2D eigenvalue weighted by Crippen LogP contribution is -2.32. The zero-order valence-corrected chi connectivity index (χ0v) is 17.2. The molecular weight excluding hydrogens is 402 g/mol. The van der Waals surface area contributed by atoms with Gasteiger partial charge in [0.15, 0.2) is 6.61 Å². The number of nitrogens with zero attached hydrogens (tertiary/aromatic N) is 2. The molecule has 0 spiro atoms. The highest BCUT2D eigenvalue weighted by Gasteiger charge is 2.37. The van der Waals surface area contributed by atoms with E-state index in [4.69, 9.17) is 4.74 Å². The van der Waals surface area contributed by atoms with Gasteiger partial charge in [0, 0.05) is 24.6 Å². The number of aryl methyl sites for hydroxylation is 1. The molecule has 0 unspecified atom stereocenters. The molecule has 162 valence electrons. The molecule has 1 fully saturated rings. The van der Waals surface area contributed by atoms with Crippen LogP contribution in [0.3, 0.4) is 0 Å². The van der Waals surface area contributed by atoms with Crippen LogP contribution >= 0.6 is 0 Å². The average molecular weight is 425 g/mol. The molecule has 0 bridgehead atoms. The van der Waals surface area contributed by atoms with Gasteiger partial charge in [-0.1, -0.05) is 36.4 Å². The van der Waals surface area contributed by atoms with Crippen LogP contribution < -0.4 is 10.2 Å². The van der Waals surface area contributed by atoms with Crippen molar-refractivity contribution < 1.29 is 24.0 Å². The first-order chi connectivity index (χ1) is 14.8. The fourth-order valence-electron chi connectivity index (χ4n) is 3.44. The summed E-state index contributed by atoms with van der Waals surface area (Å²) in [5.74, 6) is -2.17. The minimum absolute atomic E-state index is 0.0416. The van der Waals surface area contributed by atoms with Crippen LogP contribution in [0.5, 0.6) is 0 Å². The van der Waals surface area contributed by atoms with E-state index >= 15 is 0 Å². The molecular formula is C22H23N3O6. The second-order valence-electron chi connectivity index (χ2n) is 7.44. The van der Waals surface area contributed by atoms with Gasteiger partial charge in [0.1, 0.15) is 0 Å². The number of amides is 2. The van der Waals surface area contributed by atoms with Crippen molar-refractivity contribution in [3.63, 3.8) is 0 Å². The Morgan fingerprint density at radius 1 is 1.26 bits per heavy atom. The second-order valence-corrected chi connectivity index (χ2v) is 7.44. The largest absolute Gasteiger partial charge is 0.455 e. The van der Waals surface area contributed by atoms with Gasteiger partial charge in [-0.05, 0) is 25.5 Å². The number of esters is 1. The van der Waals surface area contributed by atoms with Crippen molar-refractivity contribution in [1.82, 2.24) is 5.32 Å². The summed E-state index contributed by atoms with van der Waals surface area (Å²) in [6.07, 6.45) is -0.0808. The number of benzene rings is 2. The number of hydrogen-bond acceptors (Lipinski definition) is 6. The molecule has 9 nitrogen and oxygen atoms in total. The van der Waals surface area contributed by atoms with Crippen LogP contribution in [0.2, 0.25) is 0 Å². The molecule has 2 aromatic rings. The Hall–Kier alpha value is -3.75. The Kier molecular flexibility index (Phi) is 6.64. The van der Waals surface area contributed by atoms with Crippen molar-refractivity contribution in [3.8, 4) is 0 Å². The number of nitrogens with one attached hydrogen (secondary N) is 1. The van der Waals surface area contributed by atoms with Crippen molar-refractivity contribution in [3.05, 3.63) is 69.8 Å². The van der Waals surface area contributed by atoms with Crippen LogP contribution in [0, 0.1) is 23.0 Å². The molecule has 1 N–H and O–H groups in total. The molecule has 9 heteroatoms. The highest BCUT2D eigenvalue weighted by atomic mass is 16.6. The Balaban J connectivity index is 1.55. The topological polar surface area (TPSA) is 119 Å². The van der Waals surface area contributed by atoms with Crippen molar-refractivity contribution in [1.29, 1.82) is 0 Å². The minimum atomic E-state index is -0.743. The van der Waals surface area contributed by atoms with Crippen LogP contribution in [0.4, 0.5) is 11.4 Å². The number of carbonyl (C=O) groups excluding carboxylic acids is 3. The molecule has 2 amide bonds. The lowest BCUT2D eigenvalue weighted by molar-refractivity contribution is -0.385. The van der Waals surface area contributed by atoms with Crippen molar-refractivity contribution >= 4 is 29.2 Å². The molecule has 3 rings (SSSR count). The normalized spacial score (nSPS) is 16.6. The summed E-state index contributed by atoms with van der Waals surface area (Å²) in [4.78, 5) is 48.8. The number of anilines is 1. The summed E-state index contributed by atoms with van der Waals surface area (Å²) in [6, 6.07) is 13.6. The molecule has 2 aromatic carbocycles. The van der Waals surface area contributed by atoms with Gasteiger partial charge in [-0.2, -0.15) is 0 Å². The van der Waals surface area contributed by atoms with Crippen LogP contribution in [0.25, 0.3) is 0 Å². The molecule has 1 aliphatic rings. The summed E-state index contributed by atoms with van der Waals surface area (Å²) in [7, 11) is 0. The van der Waals surface area contributed by atoms with E-state index in [1.807, 2.05) is 37.3 Å². The van der Waals surface area contributed by atoms with Crippen LogP contribution in [-0.4, -0.2) is 35.9 Å². The third-order valence-electron chi connectivity index (χ3n) is 5.18. The summed E-state index contributed by atoms with van der Waals surface area (Å²) < 4.78 is 5.10. The molecule has 0 aliphatic carbocycles. The van der Waals surface area contributed by atoms with E-state index in [0.29, 0.717) is 11.3 Å². The minimum Gasteiger partial charge on any atom is -0.455 e. The predicted molar refractivity (Wildman–Crippen MR) is 112 cm³/mol. The zero-order chi connectivity index (χ0) is 22.5. The molecule has 1 saturated heterocycles. The van der Waals surface area contributed by atoms with E-state index in [-0.39, 0.29) is 30.6 Å². The van der Waals surface area contributed by atoms with Gasteiger partial charge in [0.25, 0.3) is 11.6 Å². The highest BCUT2D eigenvalue weighted by Crippen LogP contribution is 2.30. The van der Waals surface area contributed by atoms with Gasteiger partial charge in [0.05, 0.1) is 22.6 Å². The van der Waals surface area contributed by atoms with E-state index in [0.717, 1.165) is 5.56 Å². The summed E-state index contributed by atoms with van der Waals surface area (Å²) in [6.45, 7) is 3.03. The van der Waals surface area contributed by atoms with Crippen molar-refractivity contribution in [2.24, 2.45) is 5.92 Å². The van der Waals surface area contributed by atoms with E-state index < -0.39 is 29.3 Å². The van der Waals surface area contributed by atoms with Gasteiger partial charge < -0.3 is 15.0 Å². The fourth-order valence-corrected chi connectivity index (χ4v) is 3.44. The van der Waals surface area contributed by atoms with E-state index in [9.17, 15) is 24.5 Å². The molecule has 0 radical (unpaired) electrons. The number of hydrogen-bond donors (Lipinski definition) is 1. The van der Waals surface area contributed by atoms with E-state index in [2.05, 4.69) is 5.32 Å². The number of rotatable bonds is 7. The Morgan fingerprint density at radius 3 is 2.65 bits per heavy atom. The van der Waals surface area contributed by atoms with Crippen LogP contribution in [0.1, 0.15) is 30.5 Å². The van der Waals surface area contributed by atoms with E-state index in [1.165, 1.54) is 11.0 Å². The summed E-state index contributed by atoms with van der Waals surface area (Å²) >= 11 is 0. The van der Waals surface area contributed by atoms with Gasteiger partial charge in [-0.25, -0.2) is 0 Å². The lowest BCUT2D eigenvalue weighted by Gasteiger charge is -2.17. The Morgan fingerprint density at radius 2 is 1.97 bits per heavy atom. The predicted octanol–water partition coefficient (Wildman–Crippen LogP) is 2.68. The van der Waals surface area contributed by atoms with Crippen LogP contribution in [0.15, 0.2) is 48.5 Å². The van der Waals surface area contributed by atoms with Gasteiger partial charge >= 0.3 is 5.97 Å². The maximum Gasteiger partial charge on any atom is 0.311 e. The molecule has 0 aromatic heterocycles. The Labute approximate surface area is 179 Å². The zero-order valence-electron chi connectivity index (χ0n) is 17.2. The van der Waals surface area contributed by atoms with E-state index in [1.54, 1.807) is 19.1 Å². The SMILES string of the molecule is Cc1ccc(N2C[C@H](C(=O)OCC(=O)N[C@H](C)c3ccccc3)CC2=O)cc1[N+](=O)[O-]. The number of nitro benzene ring substituents is 1. The van der Waals surface area contributed by atoms with Crippen molar-refractivity contribution in [2.45, 2.75) is 26.3 Å². The smallest absolute Gasteiger partial charge is 0.311 e. The molecule has 1 heterocycles. The Bertz CT molecular complexity index is 1010. The molecule has 1 aliphatic heterocycles. The van der Waals surface area contributed by atoms with Gasteiger partial charge in [-0.15, -0.1) is 0 Å². The monoisotopic (exact) mass is 425 g/mol. The summed E-state index contributed by atoms with van der Waals surface area (Å²) in [5, 5.41) is 13.9. The first-order valence-corrected chi connectivity index (χ1v) is 9.82. The van der Waals surface area contributed by atoms with Crippen molar-refractivity contribution in [2.75, 3.05) is 18.1 Å². The molecule has 2 atom stereocenters. The third-order valence-corrected chi connectivity index (χ3v) is 5.18. The quantitative estimate of drug-likeness (QED) is 0.414. The summed E-state index contributed by atoms with van der Waals surface area (Å²) in [5.41, 5.74) is 1.66. The maximum atomic E-state index is 12.4. The first-order valence-electron chi connectivity index (χ1n) is 9.82. The first kappa shape index (κ1) is 21.9. The van der Waals surface area contributed by atoms with Crippen LogP contribution in [-0.2, 0) is 19.1 Å². The molecule has 0 saturated carbocycles. The number of nitro groups is 1. The maximum absolute atomic E-state index is 12.4. The number of ether oxygens (including phenoxy) is 1. The average Bonchev–Trinajstić information content (AvgIpc) is 3.14. The second kappa shape index (κ2) is 9.38. The standard InChI is InChI=1S/C22H23N3O6/c1-14-8-9-18(11-19(14)25(29)30)24-12-17(10-21(24)27)22(28)31-13-20(26)23-15(2)16-6-4-3-5-7-16/h3-9,11,15,17H,10,12-13H2,1-2H3,(H,23,26)/t15-,17-/m1/s1. The number of carbonyl (C=O) groups is 3. The highest BCUT2D eigenvalue weighted by molar-refractivity contribution is 6.00. The molecule has 31 heavy (non-hydrogen) atoms. The lowest BCUT2D eigenvalue weighted by atomic mass is 10.1.